The van der Waals surface area contributed by atoms with Gasteiger partial charge in [-0.25, -0.2) is 4.98 Å². The molecule has 0 saturated heterocycles. The third kappa shape index (κ3) is 5.12. The van der Waals surface area contributed by atoms with Gasteiger partial charge in [0.05, 0.1) is 9.40 Å². The van der Waals surface area contributed by atoms with E-state index in [2.05, 4.69) is 40.1 Å². The third-order valence-corrected chi connectivity index (χ3v) is 3.36. The zero-order chi connectivity index (χ0) is 14.5. The van der Waals surface area contributed by atoms with E-state index in [4.69, 9.17) is 4.74 Å². The highest BCUT2D eigenvalue weighted by Gasteiger charge is 2.18. The minimum atomic E-state index is -0.468. The van der Waals surface area contributed by atoms with Crippen molar-refractivity contribution in [3.63, 3.8) is 0 Å². The summed E-state index contributed by atoms with van der Waals surface area (Å²) >= 11 is 3.28. The number of nitrogens with one attached hydrogen (secondary N) is 1. The van der Waals surface area contributed by atoms with E-state index >= 15 is 0 Å². The van der Waals surface area contributed by atoms with Gasteiger partial charge >= 0.3 is 0 Å². The van der Waals surface area contributed by atoms with Gasteiger partial charge in [-0.15, -0.1) is 0 Å². The van der Waals surface area contributed by atoms with E-state index in [1.807, 2.05) is 0 Å². The average molecular weight is 332 g/mol. The second-order valence-corrected chi connectivity index (χ2v) is 5.90. The summed E-state index contributed by atoms with van der Waals surface area (Å²) in [6.45, 7) is 5.65. The van der Waals surface area contributed by atoms with Gasteiger partial charge in [-0.1, -0.05) is 13.8 Å². The van der Waals surface area contributed by atoms with Crippen LogP contribution in [0, 0.1) is 15.5 Å². The van der Waals surface area contributed by atoms with E-state index in [0.717, 1.165) is 6.42 Å². The molecule has 0 aliphatic heterocycles. The minimum absolute atomic E-state index is 0.0314. The second-order valence-electron chi connectivity index (χ2n) is 5.04. The van der Waals surface area contributed by atoms with E-state index in [1.165, 1.54) is 12.3 Å². The molecule has 0 spiro atoms. The smallest absolute Gasteiger partial charge is 0.288 e. The van der Waals surface area contributed by atoms with Crippen LogP contribution in [-0.2, 0) is 4.74 Å². The summed E-state index contributed by atoms with van der Waals surface area (Å²) in [5, 5.41) is 13.8. The molecule has 0 amide bonds. The Balaban J connectivity index is 2.65. The number of aromatic nitrogens is 1. The zero-order valence-corrected chi connectivity index (χ0v) is 12.9. The Morgan fingerprint density at radius 3 is 2.79 bits per heavy atom. The quantitative estimate of drug-likeness (QED) is 0.613. The number of nitrogens with zero attached hydrogens (tertiary/aromatic N) is 2. The van der Waals surface area contributed by atoms with Crippen LogP contribution >= 0.6 is 15.9 Å². The molecule has 0 aromatic carbocycles. The highest BCUT2D eigenvalue weighted by atomic mass is 79.9. The number of ether oxygens (including phenoxy) is 1. The number of pyridine rings is 1. The molecular weight excluding hydrogens is 314 g/mol. The van der Waals surface area contributed by atoms with Gasteiger partial charge in [-0.2, -0.15) is 0 Å². The van der Waals surface area contributed by atoms with E-state index in [0.29, 0.717) is 23.4 Å². The predicted molar refractivity (Wildman–Crippen MR) is 77.4 cm³/mol. The van der Waals surface area contributed by atoms with Crippen molar-refractivity contribution in [2.24, 2.45) is 5.41 Å². The van der Waals surface area contributed by atoms with E-state index in [1.54, 1.807) is 7.11 Å². The Labute approximate surface area is 120 Å². The summed E-state index contributed by atoms with van der Waals surface area (Å²) in [5.41, 5.74) is 0.0231. The summed E-state index contributed by atoms with van der Waals surface area (Å²) in [4.78, 5) is 14.2. The lowest BCUT2D eigenvalue weighted by Crippen LogP contribution is -2.25. The van der Waals surface area contributed by atoms with E-state index in [9.17, 15) is 10.1 Å². The standard InChI is InChI=1S/C12H18BrN3O3/c1-12(2,4-5-19-3)8-15-11-10(13)6-9(7-14-11)16(17)18/h6-7H,4-5,8H2,1-3H3,(H,14,15). The lowest BCUT2D eigenvalue weighted by molar-refractivity contribution is -0.385. The van der Waals surface area contributed by atoms with Crippen LogP contribution in [0.1, 0.15) is 20.3 Å². The molecule has 7 heteroatoms. The van der Waals surface area contributed by atoms with Crippen molar-refractivity contribution in [3.05, 3.63) is 26.9 Å². The summed E-state index contributed by atoms with van der Waals surface area (Å²) in [6.07, 6.45) is 2.16. The molecule has 0 saturated carbocycles. The molecule has 0 aliphatic rings. The van der Waals surface area contributed by atoms with Crippen LogP contribution in [0.4, 0.5) is 11.5 Å². The van der Waals surface area contributed by atoms with Crippen LogP contribution in [0.3, 0.4) is 0 Å². The SMILES string of the molecule is COCCC(C)(C)CNc1ncc([N+](=O)[O-])cc1Br. The molecule has 1 aromatic rings. The maximum atomic E-state index is 10.6. The highest BCUT2D eigenvalue weighted by Crippen LogP contribution is 2.26. The molecule has 0 radical (unpaired) electrons. The van der Waals surface area contributed by atoms with Crippen molar-refractivity contribution in [2.45, 2.75) is 20.3 Å². The predicted octanol–water partition coefficient (Wildman–Crippen LogP) is 3.23. The first-order valence-corrected chi connectivity index (χ1v) is 6.68. The number of rotatable bonds is 7. The fraction of sp³-hybridized carbons (Fsp3) is 0.583. The number of methoxy groups -OCH3 is 1. The minimum Gasteiger partial charge on any atom is -0.385 e. The maximum absolute atomic E-state index is 10.6. The number of halogens is 1. The number of anilines is 1. The Morgan fingerprint density at radius 2 is 2.26 bits per heavy atom. The molecule has 19 heavy (non-hydrogen) atoms. The van der Waals surface area contributed by atoms with Crippen molar-refractivity contribution in [2.75, 3.05) is 25.6 Å². The lowest BCUT2D eigenvalue weighted by atomic mass is 9.90. The Hall–Kier alpha value is -1.21. The van der Waals surface area contributed by atoms with Crippen molar-refractivity contribution in [1.82, 2.24) is 4.98 Å². The van der Waals surface area contributed by atoms with Crippen LogP contribution < -0.4 is 5.32 Å². The fourth-order valence-electron chi connectivity index (χ4n) is 1.45. The molecular formula is C12H18BrN3O3. The Kier molecular flexibility index (Phi) is 5.68. The first-order chi connectivity index (χ1) is 8.85. The van der Waals surface area contributed by atoms with Crippen LogP contribution in [0.25, 0.3) is 0 Å². The van der Waals surface area contributed by atoms with Gasteiger partial charge in [0, 0.05) is 26.3 Å². The number of nitro groups is 1. The van der Waals surface area contributed by atoms with Gasteiger partial charge in [-0.05, 0) is 27.8 Å². The van der Waals surface area contributed by atoms with Crippen molar-refractivity contribution in [1.29, 1.82) is 0 Å². The van der Waals surface area contributed by atoms with Crippen LogP contribution in [0.15, 0.2) is 16.7 Å². The van der Waals surface area contributed by atoms with Gasteiger partial charge in [0.2, 0.25) is 0 Å². The molecule has 1 rings (SSSR count). The van der Waals surface area contributed by atoms with Crippen LogP contribution in [-0.4, -0.2) is 30.2 Å². The average Bonchev–Trinajstić information content (AvgIpc) is 2.35. The van der Waals surface area contributed by atoms with Crippen LogP contribution in [0.2, 0.25) is 0 Å². The first-order valence-electron chi connectivity index (χ1n) is 5.88. The summed E-state index contributed by atoms with van der Waals surface area (Å²) in [7, 11) is 1.68. The molecule has 1 aromatic heterocycles. The molecule has 0 bridgehead atoms. The Morgan fingerprint density at radius 1 is 1.58 bits per heavy atom. The van der Waals surface area contributed by atoms with Crippen molar-refractivity contribution >= 4 is 27.4 Å². The van der Waals surface area contributed by atoms with E-state index in [-0.39, 0.29) is 11.1 Å². The molecule has 106 valence electrons. The van der Waals surface area contributed by atoms with Gasteiger partial charge in [-0.3, -0.25) is 10.1 Å². The molecule has 0 aliphatic carbocycles. The summed E-state index contributed by atoms with van der Waals surface area (Å²) in [5.74, 6) is 0.607. The van der Waals surface area contributed by atoms with Crippen LogP contribution in [0.5, 0.6) is 0 Å². The van der Waals surface area contributed by atoms with Gasteiger partial charge in [0.1, 0.15) is 12.0 Å². The Bertz CT molecular complexity index is 452. The highest BCUT2D eigenvalue weighted by molar-refractivity contribution is 9.10. The number of hydrogen-bond donors (Lipinski definition) is 1. The summed E-state index contributed by atoms with van der Waals surface area (Å²) in [6, 6.07) is 1.44. The summed E-state index contributed by atoms with van der Waals surface area (Å²) < 4.78 is 5.66. The van der Waals surface area contributed by atoms with Crippen molar-refractivity contribution < 1.29 is 9.66 Å². The first kappa shape index (κ1) is 15.8. The molecule has 0 unspecified atom stereocenters. The van der Waals surface area contributed by atoms with Crippen molar-refractivity contribution in [3.8, 4) is 0 Å². The topological polar surface area (TPSA) is 77.3 Å². The monoisotopic (exact) mass is 331 g/mol. The van der Waals surface area contributed by atoms with Gasteiger partial charge < -0.3 is 10.1 Å². The molecule has 0 fully saturated rings. The van der Waals surface area contributed by atoms with Gasteiger partial charge in [0.25, 0.3) is 5.69 Å². The van der Waals surface area contributed by atoms with E-state index < -0.39 is 4.92 Å². The third-order valence-electron chi connectivity index (χ3n) is 2.75. The molecule has 0 atom stereocenters. The second kappa shape index (κ2) is 6.81. The molecule has 1 N–H and O–H groups in total. The lowest BCUT2D eigenvalue weighted by Gasteiger charge is -2.25. The van der Waals surface area contributed by atoms with Gasteiger partial charge in [0.15, 0.2) is 0 Å². The zero-order valence-electron chi connectivity index (χ0n) is 11.3. The molecule has 6 nitrogen and oxygen atoms in total. The maximum Gasteiger partial charge on any atom is 0.288 e. The fourth-order valence-corrected chi connectivity index (χ4v) is 1.92. The largest absolute Gasteiger partial charge is 0.385 e. The normalized spacial score (nSPS) is 11.4. The molecule has 1 heterocycles. The number of hydrogen-bond acceptors (Lipinski definition) is 5.